The van der Waals surface area contributed by atoms with Crippen LogP contribution in [-0.4, -0.2) is 55.6 Å². The van der Waals surface area contributed by atoms with E-state index in [0.717, 1.165) is 18.5 Å². The van der Waals surface area contributed by atoms with Gasteiger partial charge in [0.25, 0.3) is 5.91 Å². The van der Waals surface area contributed by atoms with Crippen molar-refractivity contribution in [2.24, 2.45) is 5.41 Å². The van der Waals surface area contributed by atoms with E-state index in [0.29, 0.717) is 35.3 Å². The van der Waals surface area contributed by atoms with Gasteiger partial charge in [-0.05, 0) is 70.1 Å². The quantitative estimate of drug-likeness (QED) is 0.612. The molecule has 0 bridgehead atoms. The number of allylic oxidation sites excluding steroid dienone is 2. The highest BCUT2D eigenvalue weighted by atomic mass is 16.5. The zero-order chi connectivity index (χ0) is 27.4. The van der Waals surface area contributed by atoms with Crippen LogP contribution in [0.2, 0.25) is 5.21 Å². The number of aromatic amines is 1. The summed E-state index contributed by atoms with van der Waals surface area (Å²) in [5, 5.41) is 10.7. The molecule has 3 heterocycles. The van der Waals surface area contributed by atoms with Gasteiger partial charge in [-0.25, -0.2) is 4.98 Å². The van der Waals surface area contributed by atoms with Crippen LogP contribution in [0.1, 0.15) is 101 Å². The van der Waals surface area contributed by atoms with E-state index in [2.05, 4.69) is 56.8 Å². The van der Waals surface area contributed by atoms with Crippen LogP contribution in [0, 0.1) is 16.7 Å². The Morgan fingerprint density at radius 1 is 1.16 bits per heavy atom. The van der Waals surface area contributed by atoms with Crippen LogP contribution >= 0.6 is 0 Å². The third-order valence-electron chi connectivity index (χ3n) is 6.99. The maximum Gasteiger partial charge on any atom is 0.291 e. The monoisotopic (exact) mass is 491 g/mol. The van der Waals surface area contributed by atoms with Crippen molar-refractivity contribution in [3.63, 3.8) is 0 Å². The molecule has 1 amide bonds. The lowest BCUT2D eigenvalue weighted by Gasteiger charge is -2.46. The fourth-order valence-electron chi connectivity index (χ4n) is 6.19. The number of imidazole rings is 1. The van der Waals surface area contributed by atoms with Gasteiger partial charge >= 0.3 is 0 Å². The first-order chi connectivity index (χ1) is 17.0. The number of nitrogens with zero attached hydrogens (tertiary/aromatic N) is 3. The summed E-state index contributed by atoms with van der Waals surface area (Å²) >= 11 is 0. The van der Waals surface area contributed by atoms with Crippen LogP contribution in [0.3, 0.4) is 0 Å². The first-order valence-electron chi connectivity index (χ1n) is 12.6. The molecule has 1 saturated heterocycles. The van der Waals surface area contributed by atoms with Crippen molar-refractivity contribution >= 4 is 40.7 Å². The molecule has 2 aromatic heterocycles. The average Bonchev–Trinajstić information content (AvgIpc) is 3.20. The molecule has 1 aliphatic heterocycles. The van der Waals surface area contributed by atoms with Gasteiger partial charge in [0, 0.05) is 11.6 Å². The molecule has 2 aromatic rings. The van der Waals surface area contributed by atoms with Crippen LogP contribution < -0.4 is 5.32 Å². The fourth-order valence-corrected chi connectivity index (χ4v) is 6.19. The maximum atomic E-state index is 13.0. The number of pyridine rings is 1. The van der Waals surface area contributed by atoms with Gasteiger partial charge in [-0.1, -0.05) is 25.5 Å². The second kappa shape index (κ2) is 9.20. The molecular formula is C27H32B3N5O2. The molecule has 0 unspecified atom stereocenters. The van der Waals surface area contributed by atoms with Gasteiger partial charge in [0.1, 0.15) is 19.6 Å². The van der Waals surface area contributed by atoms with E-state index in [4.69, 9.17) is 38.5 Å². The van der Waals surface area contributed by atoms with Gasteiger partial charge in [-0.15, -0.1) is 5.47 Å². The molecule has 0 atom stereocenters. The predicted octanol–water partition coefficient (Wildman–Crippen LogP) is 4.53. The minimum absolute atomic E-state index is 0.0120. The normalized spacial score (nSPS) is 22.3. The number of H-pyrrole nitrogens is 1. The Balaban J connectivity index is 1.81. The Bertz CT molecular complexity index is 1290. The number of amides is 1. The molecule has 4 rings (SSSR count). The number of ether oxygens (including phenoxy) is 1. The summed E-state index contributed by atoms with van der Waals surface area (Å²) in [5.41, 5.74) is 2.19. The predicted molar refractivity (Wildman–Crippen MR) is 147 cm³/mol. The number of nitrogens with one attached hydrogen (secondary N) is 2. The van der Waals surface area contributed by atoms with E-state index in [1.807, 2.05) is 18.2 Å². The Morgan fingerprint density at radius 3 is 2.38 bits per heavy atom. The second-order valence-electron chi connectivity index (χ2n) is 12.5. The molecule has 0 spiro atoms. The number of hydrogen-bond acceptors (Lipinski definition) is 5. The highest BCUT2D eigenvalue weighted by Crippen LogP contribution is 2.54. The molecule has 6 radical (unpaired) electrons. The van der Waals surface area contributed by atoms with Crippen LogP contribution in [0.5, 0.6) is 0 Å². The van der Waals surface area contributed by atoms with Crippen molar-refractivity contribution in [1.82, 2.24) is 15.0 Å². The number of carbonyl (C=O) groups is 1. The van der Waals surface area contributed by atoms with Crippen LogP contribution in [0.15, 0.2) is 23.8 Å². The minimum Gasteiger partial charge on any atom is -0.370 e. The topological polar surface area (TPSA) is 104 Å². The number of hydrogen-bond donors (Lipinski definition) is 2. The SMILES string of the molecule is [B]C1=C(c2nc(C3CC(C)(C)OC(C)(C)C3)ccc2NC(=O)c2ncc(C#N)[nH]2)C([B])([B])CC(C)(C)C1. The maximum absolute atomic E-state index is 13.0. The number of aromatic nitrogens is 3. The standard InChI is InChI=1S/C27H32B3N5O2/c1-24(2)11-17(28)20(27(29,30)14-24)21-19(35-23(36)22-32-13-16(12-31)33-22)8-7-18(34-21)15-9-25(3,4)37-26(5,6)10-15/h7-8,13,15H,9-11,14H2,1-6H3,(H,32,33)(H,35,36). The molecule has 2 N–H and O–H groups in total. The smallest absolute Gasteiger partial charge is 0.291 e. The summed E-state index contributed by atoms with van der Waals surface area (Å²) in [5.74, 6) is -0.379. The highest BCUT2D eigenvalue weighted by Gasteiger charge is 2.42. The lowest BCUT2D eigenvalue weighted by molar-refractivity contribution is -0.162. The van der Waals surface area contributed by atoms with Crippen molar-refractivity contribution in [1.29, 1.82) is 5.26 Å². The van der Waals surface area contributed by atoms with Gasteiger partial charge in [0.2, 0.25) is 0 Å². The van der Waals surface area contributed by atoms with Crippen molar-refractivity contribution in [2.45, 2.75) is 89.6 Å². The first-order valence-corrected chi connectivity index (χ1v) is 12.6. The number of rotatable bonds is 4. The molecule has 7 nitrogen and oxygen atoms in total. The number of anilines is 1. The summed E-state index contributed by atoms with van der Waals surface area (Å²) in [4.78, 5) is 24.8. The van der Waals surface area contributed by atoms with Gasteiger partial charge < -0.3 is 15.0 Å². The molecular weight excluding hydrogens is 459 g/mol. The Morgan fingerprint density at radius 2 is 1.81 bits per heavy atom. The molecule has 1 aliphatic carbocycles. The molecule has 0 aromatic carbocycles. The largest absolute Gasteiger partial charge is 0.370 e. The van der Waals surface area contributed by atoms with Gasteiger partial charge in [0.15, 0.2) is 5.82 Å². The third-order valence-corrected chi connectivity index (χ3v) is 6.99. The second-order valence-corrected chi connectivity index (χ2v) is 12.5. The van der Waals surface area contributed by atoms with E-state index >= 15 is 0 Å². The Kier molecular flexibility index (Phi) is 6.78. The van der Waals surface area contributed by atoms with E-state index < -0.39 is 11.1 Å². The molecule has 2 aliphatic rings. The summed E-state index contributed by atoms with van der Waals surface area (Å²) in [6.07, 6.45) is 3.97. The van der Waals surface area contributed by atoms with Crippen LogP contribution in [0.25, 0.3) is 5.57 Å². The summed E-state index contributed by atoms with van der Waals surface area (Å²) in [7, 11) is 20.0. The Labute approximate surface area is 223 Å². The molecule has 37 heavy (non-hydrogen) atoms. The zero-order valence-corrected chi connectivity index (χ0v) is 22.5. The fraction of sp³-hybridized carbons (Fsp3) is 0.556. The molecule has 0 saturated carbocycles. The van der Waals surface area contributed by atoms with Crippen molar-refractivity contribution < 1.29 is 9.53 Å². The number of carbonyl (C=O) groups excluding carboxylic acids is 1. The van der Waals surface area contributed by atoms with Crippen LogP contribution in [-0.2, 0) is 4.74 Å². The lowest BCUT2D eigenvalue weighted by Crippen LogP contribution is -2.44. The van der Waals surface area contributed by atoms with E-state index in [1.165, 1.54) is 6.20 Å². The Hall–Kier alpha value is -2.79. The van der Waals surface area contributed by atoms with E-state index in [-0.39, 0.29) is 34.1 Å². The van der Waals surface area contributed by atoms with Crippen molar-refractivity contribution in [3.8, 4) is 6.07 Å². The zero-order valence-electron chi connectivity index (χ0n) is 22.5. The third kappa shape index (κ3) is 5.88. The first kappa shape index (κ1) is 27.3. The van der Waals surface area contributed by atoms with Crippen molar-refractivity contribution in [3.05, 3.63) is 46.7 Å². The summed E-state index contributed by atoms with van der Waals surface area (Å²) in [6, 6.07) is 5.67. The van der Waals surface area contributed by atoms with Gasteiger partial charge in [-0.2, -0.15) is 5.26 Å². The van der Waals surface area contributed by atoms with Gasteiger partial charge in [-0.3, -0.25) is 9.78 Å². The molecule has 10 heteroatoms. The van der Waals surface area contributed by atoms with Gasteiger partial charge in [0.05, 0.1) is 44.5 Å². The molecule has 1 fully saturated rings. The van der Waals surface area contributed by atoms with E-state index in [1.54, 1.807) is 0 Å². The summed E-state index contributed by atoms with van der Waals surface area (Å²) < 4.78 is 6.28. The van der Waals surface area contributed by atoms with Crippen LogP contribution in [0.4, 0.5) is 5.69 Å². The lowest BCUT2D eigenvalue weighted by atomic mass is 9.41. The highest BCUT2D eigenvalue weighted by molar-refractivity contribution is 6.48. The molecule has 186 valence electrons. The minimum atomic E-state index is -1.25. The average molecular weight is 491 g/mol. The van der Waals surface area contributed by atoms with E-state index in [9.17, 15) is 4.79 Å². The van der Waals surface area contributed by atoms with Crippen molar-refractivity contribution in [2.75, 3.05) is 5.32 Å². The summed E-state index contributed by atoms with van der Waals surface area (Å²) in [6.45, 7) is 12.5. The number of nitriles is 1.